The summed E-state index contributed by atoms with van der Waals surface area (Å²) in [7, 11) is 0. The Hall–Kier alpha value is -1.37. The lowest BCUT2D eigenvalue weighted by Gasteiger charge is -1.97. The highest BCUT2D eigenvalue weighted by molar-refractivity contribution is 7.98. The third kappa shape index (κ3) is 3.56. The summed E-state index contributed by atoms with van der Waals surface area (Å²) in [5, 5.41) is 0.948. The van der Waals surface area contributed by atoms with Crippen molar-refractivity contribution < 1.29 is 4.79 Å². The average molecular weight is 293 g/mol. The number of nitrogens with two attached hydrogens (primary N) is 1. The molecule has 0 bridgehead atoms. The standard InChI is InChI=1S/C13H15N3OS2/c1-2-10-12(13(17)16-14)19-11(15-10)8-18-9-6-4-3-5-7-9/h3-7H,2,8,14H2,1H3,(H,16,17). The molecule has 100 valence electrons. The fourth-order valence-corrected chi connectivity index (χ4v) is 3.57. The number of benzene rings is 1. The monoisotopic (exact) mass is 293 g/mol. The fraction of sp³-hybridized carbons (Fsp3) is 0.231. The largest absolute Gasteiger partial charge is 0.289 e. The molecule has 0 saturated heterocycles. The summed E-state index contributed by atoms with van der Waals surface area (Å²) >= 11 is 3.12. The zero-order chi connectivity index (χ0) is 13.7. The van der Waals surface area contributed by atoms with Crippen LogP contribution in [0.5, 0.6) is 0 Å². The van der Waals surface area contributed by atoms with Crippen molar-refractivity contribution in [1.29, 1.82) is 0 Å². The van der Waals surface area contributed by atoms with Crippen LogP contribution in [0.3, 0.4) is 0 Å². The molecule has 0 unspecified atom stereocenters. The molecular formula is C13H15N3OS2. The summed E-state index contributed by atoms with van der Waals surface area (Å²) in [6.07, 6.45) is 0.731. The second-order valence-electron chi connectivity index (χ2n) is 3.81. The molecule has 2 aromatic rings. The first-order valence-corrected chi connectivity index (χ1v) is 7.72. The van der Waals surface area contributed by atoms with Crippen LogP contribution in [0.15, 0.2) is 35.2 Å². The topological polar surface area (TPSA) is 68.0 Å². The molecule has 1 aromatic carbocycles. The number of hydrazine groups is 1. The number of carbonyl (C=O) groups is 1. The molecule has 0 aliphatic rings. The zero-order valence-electron chi connectivity index (χ0n) is 10.6. The number of nitrogens with zero attached hydrogens (tertiary/aromatic N) is 1. The summed E-state index contributed by atoms with van der Waals surface area (Å²) in [4.78, 5) is 17.9. The molecule has 19 heavy (non-hydrogen) atoms. The van der Waals surface area contributed by atoms with Gasteiger partial charge in [-0.15, -0.1) is 23.1 Å². The highest BCUT2D eigenvalue weighted by Crippen LogP contribution is 2.27. The summed E-state index contributed by atoms with van der Waals surface area (Å²) in [5.41, 5.74) is 2.98. The third-order valence-corrected chi connectivity index (χ3v) is 4.82. The lowest BCUT2D eigenvalue weighted by molar-refractivity contribution is 0.0956. The van der Waals surface area contributed by atoms with Crippen molar-refractivity contribution in [2.75, 3.05) is 0 Å². The molecule has 0 fully saturated rings. The predicted octanol–water partition coefficient (Wildman–Crippen LogP) is 2.60. The maximum atomic E-state index is 11.6. The van der Waals surface area contributed by atoms with Crippen molar-refractivity contribution >= 4 is 29.0 Å². The van der Waals surface area contributed by atoms with Crippen molar-refractivity contribution in [3.05, 3.63) is 45.9 Å². The van der Waals surface area contributed by atoms with E-state index in [1.54, 1.807) is 11.8 Å². The fourth-order valence-electron chi connectivity index (χ4n) is 1.61. The van der Waals surface area contributed by atoms with Gasteiger partial charge in [-0.1, -0.05) is 25.1 Å². The lowest BCUT2D eigenvalue weighted by atomic mass is 10.3. The number of hydrogen-bond donors (Lipinski definition) is 2. The summed E-state index contributed by atoms with van der Waals surface area (Å²) in [6.45, 7) is 1.98. The molecule has 0 spiro atoms. The van der Waals surface area contributed by atoms with Gasteiger partial charge in [0.15, 0.2) is 0 Å². The van der Waals surface area contributed by atoms with Gasteiger partial charge < -0.3 is 0 Å². The Morgan fingerprint density at radius 3 is 2.79 bits per heavy atom. The molecule has 0 saturated carbocycles. The lowest BCUT2D eigenvalue weighted by Crippen LogP contribution is -2.30. The van der Waals surface area contributed by atoms with Crippen molar-refractivity contribution in [3.63, 3.8) is 0 Å². The van der Waals surface area contributed by atoms with E-state index in [1.165, 1.54) is 16.2 Å². The molecule has 1 amide bonds. The summed E-state index contributed by atoms with van der Waals surface area (Å²) in [6, 6.07) is 10.1. The Balaban J connectivity index is 2.09. The van der Waals surface area contributed by atoms with Crippen LogP contribution in [0.4, 0.5) is 0 Å². The van der Waals surface area contributed by atoms with Gasteiger partial charge in [-0.25, -0.2) is 10.8 Å². The minimum atomic E-state index is -0.259. The van der Waals surface area contributed by atoms with E-state index in [0.717, 1.165) is 22.9 Å². The minimum Gasteiger partial charge on any atom is -0.289 e. The molecular weight excluding hydrogens is 278 g/mol. The van der Waals surface area contributed by atoms with Gasteiger partial charge in [0.2, 0.25) is 0 Å². The van der Waals surface area contributed by atoms with Gasteiger partial charge in [-0.2, -0.15) is 0 Å². The second kappa shape index (κ2) is 6.70. The molecule has 0 atom stereocenters. The van der Waals surface area contributed by atoms with Gasteiger partial charge in [0.1, 0.15) is 9.88 Å². The Kier molecular flexibility index (Phi) is 4.95. The number of nitrogens with one attached hydrogen (secondary N) is 1. The van der Waals surface area contributed by atoms with Crippen molar-refractivity contribution in [1.82, 2.24) is 10.4 Å². The van der Waals surface area contributed by atoms with Crippen LogP contribution in [0, 0.1) is 0 Å². The van der Waals surface area contributed by atoms with Gasteiger partial charge in [0.05, 0.1) is 11.4 Å². The highest BCUT2D eigenvalue weighted by Gasteiger charge is 2.15. The smallest absolute Gasteiger partial charge is 0.277 e. The highest BCUT2D eigenvalue weighted by atomic mass is 32.2. The summed E-state index contributed by atoms with van der Waals surface area (Å²) in [5.74, 6) is 5.68. The van der Waals surface area contributed by atoms with E-state index in [9.17, 15) is 4.79 Å². The van der Waals surface area contributed by atoms with Crippen LogP contribution in [-0.2, 0) is 12.2 Å². The first-order valence-electron chi connectivity index (χ1n) is 5.92. The molecule has 1 aromatic heterocycles. The van der Waals surface area contributed by atoms with Crippen LogP contribution in [0.25, 0.3) is 0 Å². The molecule has 0 aliphatic heterocycles. The van der Waals surface area contributed by atoms with Crippen molar-refractivity contribution in [3.8, 4) is 0 Å². The average Bonchev–Trinajstić information content (AvgIpc) is 2.88. The number of aryl methyl sites for hydroxylation is 1. The first kappa shape index (κ1) is 14.0. The van der Waals surface area contributed by atoms with E-state index < -0.39 is 0 Å². The molecule has 6 heteroatoms. The maximum Gasteiger partial charge on any atom is 0.277 e. The van der Waals surface area contributed by atoms with E-state index in [2.05, 4.69) is 22.5 Å². The number of thioether (sulfide) groups is 1. The van der Waals surface area contributed by atoms with Gasteiger partial charge in [-0.05, 0) is 18.6 Å². The number of amides is 1. The SMILES string of the molecule is CCc1nc(CSc2ccccc2)sc1C(=O)NN. The molecule has 4 nitrogen and oxygen atoms in total. The predicted molar refractivity (Wildman–Crippen MR) is 79.1 cm³/mol. The van der Waals surface area contributed by atoms with E-state index >= 15 is 0 Å². The van der Waals surface area contributed by atoms with E-state index in [-0.39, 0.29) is 5.91 Å². The Morgan fingerprint density at radius 1 is 1.42 bits per heavy atom. The second-order valence-corrected chi connectivity index (χ2v) is 5.94. The zero-order valence-corrected chi connectivity index (χ0v) is 12.2. The number of nitrogen functional groups attached to an aromatic ring is 1. The quantitative estimate of drug-likeness (QED) is 0.385. The Labute approximate surface area is 120 Å². The molecule has 0 aliphatic carbocycles. The number of thiazole rings is 1. The van der Waals surface area contributed by atoms with Crippen molar-refractivity contribution in [2.24, 2.45) is 5.84 Å². The first-order chi connectivity index (χ1) is 9.24. The van der Waals surface area contributed by atoms with Crippen LogP contribution >= 0.6 is 23.1 Å². The van der Waals surface area contributed by atoms with Crippen molar-refractivity contribution in [2.45, 2.75) is 24.0 Å². The Morgan fingerprint density at radius 2 is 2.16 bits per heavy atom. The van der Waals surface area contributed by atoms with Gasteiger partial charge in [0.25, 0.3) is 5.91 Å². The summed E-state index contributed by atoms with van der Waals surface area (Å²) < 4.78 is 0. The normalized spacial score (nSPS) is 10.4. The van der Waals surface area contributed by atoms with Crippen LogP contribution < -0.4 is 11.3 Å². The maximum absolute atomic E-state index is 11.6. The number of rotatable bonds is 5. The van der Waals surface area contributed by atoms with E-state index in [4.69, 9.17) is 5.84 Å². The molecule has 1 heterocycles. The number of aromatic nitrogens is 1. The van der Waals surface area contributed by atoms with E-state index in [1.807, 2.05) is 25.1 Å². The van der Waals surface area contributed by atoms with Gasteiger partial charge >= 0.3 is 0 Å². The molecule has 0 radical (unpaired) electrons. The Bertz CT molecular complexity index is 554. The van der Waals surface area contributed by atoms with Gasteiger partial charge in [0, 0.05) is 4.90 Å². The van der Waals surface area contributed by atoms with Crippen LogP contribution in [0.2, 0.25) is 0 Å². The van der Waals surface area contributed by atoms with E-state index in [0.29, 0.717) is 4.88 Å². The molecule has 3 N–H and O–H groups in total. The minimum absolute atomic E-state index is 0.259. The van der Waals surface area contributed by atoms with Gasteiger partial charge in [-0.3, -0.25) is 10.2 Å². The number of hydrogen-bond acceptors (Lipinski definition) is 5. The number of carbonyl (C=O) groups excluding carboxylic acids is 1. The molecule has 2 rings (SSSR count). The van der Waals surface area contributed by atoms with Crippen LogP contribution in [-0.4, -0.2) is 10.9 Å². The third-order valence-electron chi connectivity index (χ3n) is 2.52. The van der Waals surface area contributed by atoms with Crippen LogP contribution in [0.1, 0.15) is 27.3 Å².